The standard InChI is InChI=1S/C36H37Cl2N5O3/c1-24(44)40-26-14-17-32(33(23-26)46-2)42-34-28-8-3-4-11-31(28)41-35-29(34)9-5-10-30(35)36(45)39-20-6-7-25-12-15-27(16-13-25)43(21-18-37)22-19-38/h3-5,8-17,23H,6-7,18-22H2,1-2H3,(H,39,45)(H,40,44)(H,41,42). The van der Waals surface area contributed by atoms with Crippen molar-refractivity contribution in [1.82, 2.24) is 10.3 Å². The number of benzene rings is 4. The number of anilines is 4. The van der Waals surface area contributed by atoms with E-state index >= 15 is 0 Å². The highest BCUT2D eigenvalue weighted by molar-refractivity contribution is 6.18. The quantitative estimate of drug-likeness (QED) is 0.0642. The lowest BCUT2D eigenvalue weighted by Gasteiger charge is -2.23. The number of methoxy groups -OCH3 is 1. The number of rotatable bonds is 14. The van der Waals surface area contributed by atoms with Gasteiger partial charge in [0.15, 0.2) is 0 Å². The van der Waals surface area contributed by atoms with Gasteiger partial charge in [0, 0.05) is 66.5 Å². The van der Waals surface area contributed by atoms with Gasteiger partial charge in [-0.25, -0.2) is 4.98 Å². The van der Waals surface area contributed by atoms with Gasteiger partial charge < -0.3 is 25.6 Å². The first-order valence-electron chi connectivity index (χ1n) is 15.2. The van der Waals surface area contributed by atoms with Crippen LogP contribution in [0.4, 0.5) is 22.7 Å². The predicted octanol–water partition coefficient (Wildman–Crippen LogP) is 7.75. The highest BCUT2D eigenvalue weighted by atomic mass is 35.5. The van der Waals surface area contributed by atoms with Crippen LogP contribution in [0.5, 0.6) is 5.75 Å². The minimum Gasteiger partial charge on any atom is -0.494 e. The first-order valence-corrected chi connectivity index (χ1v) is 16.3. The third kappa shape index (κ3) is 7.81. The number of hydrogen-bond acceptors (Lipinski definition) is 6. The summed E-state index contributed by atoms with van der Waals surface area (Å²) in [5.41, 5.74) is 6.30. The van der Waals surface area contributed by atoms with Crippen molar-refractivity contribution in [3.63, 3.8) is 0 Å². The van der Waals surface area contributed by atoms with E-state index in [1.165, 1.54) is 12.5 Å². The maximum Gasteiger partial charge on any atom is 0.253 e. The normalized spacial score (nSPS) is 11.0. The molecular weight excluding hydrogens is 621 g/mol. The number of fused-ring (bicyclic) bond motifs is 2. The van der Waals surface area contributed by atoms with Crippen LogP contribution in [0.2, 0.25) is 0 Å². The number of hydrogen-bond donors (Lipinski definition) is 3. The molecule has 1 heterocycles. The summed E-state index contributed by atoms with van der Waals surface area (Å²) in [6.45, 7) is 3.48. The lowest BCUT2D eigenvalue weighted by molar-refractivity contribution is -0.114. The Morgan fingerprint density at radius 3 is 2.35 bits per heavy atom. The molecule has 3 N–H and O–H groups in total. The maximum atomic E-state index is 13.5. The largest absolute Gasteiger partial charge is 0.494 e. The lowest BCUT2D eigenvalue weighted by Crippen LogP contribution is -2.27. The molecule has 0 fully saturated rings. The monoisotopic (exact) mass is 657 g/mol. The molecule has 8 nitrogen and oxygen atoms in total. The molecule has 0 aliphatic rings. The van der Waals surface area contributed by atoms with Gasteiger partial charge in [0.2, 0.25) is 5.91 Å². The van der Waals surface area contributed by atoms with Crippen molar-refractivity contribution in [2.24, 2.45) is 0 Å². The number of pyridine rings is 1. The Morgan fingerprint density at radius 1 is 0.891 bits per heavy atom. The van der Waals surface area contributed by atoms with E-state index in [0.29, 0.717) is 46.5 Å². The highest BCUT2D eigenvalue weighted by Gasteiger charge is 2.17. The van der Waals surface area contributed by atoms with E-state index in [9.17, 15) is 9.59 Å². The topological polar surface area (TPSA) is 95.6 Å². The Balaban J connectivity index is 1.34. The molecule has 2 amide bonds. The van der Waals surface area contributed by atoms with Crippen LogP contribution < -0.4 is 25.6 Å². The number of amides is 2. The molecular formula is C36H37Cl2N5O3. The number of carbonyl (C=O) groups excluding carboxylic acids is 2. The van der Waals surface area contributed by atoms with Crippen molar-refractivity contribution >= 4 is 79.6 Å². The second-order valence-corrected chi connectivity index (χ2v) is 11.6. The maximum absolute atomic E-state index is 13.5. The van der Waals surface area contributed by atoms with Crippen LogP contribution >= 0.6 is 23.2 Å². The number of para-hydroxylation sites is 2. The third-order valence-electron chi connectivity index (χ3n) is 7.68. The van der Waals surface area contributed by atoms with Gasteiger partial charge in [-0.15, -0.1) is 23.2 Å². The number of nitrogens with one attached hydrogen (secondary N) is 3. The second-order valence-electron chi connectivity index (χ2n) is 10.8. The third-order valence-corrected chi connectivity index (χ3v) is 8.01. The highest BCUT2D eigenvalue weighted by Crippen LogP contribution is 2.38. The molecule has 0 saturated heterocycles. The van der Waals surface area contributed by atoms with Crippen LogP contribution in [0.1, 0.15) is 29.3 Å². The van der Waals surface area contributed by atoms with Gasteiger partial charge in [-0.05, 0) is 54.8 Å². The summed E-state index contributed by atoms with van der Waals surface area (Å²) in [4.78, 5) is 32.1. The number of halogens is 2. The minimum absolute atomic E-state index is 0.165. The first-order chi connectivity index (χ1) is 22.4. The molecule has 1 aromatic heterocycles. The molecule has 4 aromatic carbocycles. The number of aryl methyl sites for hydroxylation is 1. The number of alkyl halides is 2. The number of ether oxygens (including phenoxy) is 1. The Kier molecular flexibility index (Phi) is 11.2. The van der Waals surface area contributed by atoms with Crippen LogP contribution in [0.15, 0.2) is 84.9 Å². The molecule has 0 radical (unpaired) electrons. The molecule has 10 heteroatoms. The fourth-order valence-electron chi connectivity index (χ4n) is 5.48. The summed E-state index contributed by atoms with van der Waals surface area (Å²) >= 11 is 11.9. The van der Waals surface area contributed by atoms with E-state index in [1.807, 2.05) is 48.5 Å². The SMILES string of the molecule is COc1cc(NC(C)=O)ccc1Nc1c2ccccc2nc2c(C(=O)NCCCc3ccc(N(CCCl)CCCl)cc3)cccc12. The second kappa shape index (κ2) is 15.7. The van der Waals surface area contributed by atoms with Crippen molar-refractivity contribution in [3.8, 4) is 5.75 Å². The van der Waals surface area contributed by atoms with Crippen molar-refractivity contribution in [2.45, 2.75) is 19.8 Å². The summed E-state index contributed by atoms with van der Waals surface area (Å²) in [6, 6.07) is 27.3. The van der Waals surface area contributed by atoms with Gasteiger partial charge in [-0.3, -0.25) is 9.59 Å². The Morgan fingerprint density at radius 2 is 1.63 bits per heavy atom. The molecule has 0 atom stereocenters. The summed E-state index contributed by atoms with van der Waals surface area (Å²) in [5, 5.41) is 11.1. The lowest BCUT2D eigenvalue weighted by atomic mass is 10.0. The molecule has 0 aliphatic carbocycles. The van der Waals surface area contributed by atoms with E-state index in [1.54, 1.807) is 19.2 Å². The summed E-state index contributed by atoms with van der Waals surface area (Å²) in [5.74, 6) is 1.31. The molecule has 5 rings (SSSR count). The van der Waals surface area contributed by atoms with Crippen molar-refractivity contribution < 1.29 is 14.3 Å². The van der Waals surface area contributed by atoms with E-state index in [-0.39, 0.29) is 11.8 Å². The molecule has 238 valence electrons. The molecule has 5 aromatic rings. The predicted molar refractivity (Wildman–Crippen MR) is 191 cm³/mol. The summed E-state index contributed by atoms with van der Waals surface area (Å²) in [7, 11) is 1.58. The fraction of sp³-hybridized carbons (Fsp3) is 0.250. The van der Waals surface area contributed by atoms with Crippen molar-refractivity contribution in [1.29, 1.82) is 0 Å². The first kappa shape index (κ1) is 32.9. The molecule has 46 heavy (non-hydrogen) atoms. The van der Waals surface area contributed by atoms with Crippen LogP contribution in [0.25, 0.3) is 21.8 Å². The smallest absolute Gasteiger partial charge is 0.253 e. The Bertz CT molecular complexity index is 1830. The number of aromatic nitrogens is 1. The van der Waals surface area contributed by atoms with Crippen LogP contribution in [-0.2, 0) is 11.2 Å². The molecule has 0 bridgehead atoms. The minimum atomic E-state index is -0.176. The van der Waals surface area contributed by atoms with Gasteiger partial charge >= 0.3 is 0 Å². The van der Waals surface area contributed by atoms with Crippen molar-refractivity contribution in [3.05, 3.63) is 96.1 Å². The zero-order valence-electron chi connectivity index (χ0n) is 25.9. The zero-order valence-corrected chi connectivity index (χ0v) is 27.4. The van der Waals surface area contributed by atoms with E-state index < -0.39 is 0 Å². The van der Waals surface area contributed by atoms with Gasteiger partial charge in [0.25, 0.3) is 5.91 Å². The van der Waals surface area contributed by atoms with Gasteiger partial charge in [0.05, 0.1) is 35.1 Å². The average molecular weight is 659 g/mol. The molecule has 0 aliphatic heterocycles. The van der Waals surface area contributed by atoms with Crippen LogP contribution in [-0.4, -0.2) is 55.3 Å². The summed E-state index contributed by atoms with van der Waals surface area (Å²) in [6.07, 6.45) is 1.63. The number of nitrogens with zero attached hydrogens (tertiary/aromatic N) is 2. The van der Waals surface area contributed by atoms with E-state index in [2.05, 4.69) is 45.1 Å². The fourth-order valence-corrected chi connectivity index (χ4v) is 5.89. The Hall–Kier alpha value is -4.53. The van der Waals surface area contributed by atoms with E-state index in [0.717, 1.165) is 53.6 Å². The van der Waals surface area contributed by atoms with Crippen molar-refractivity contribution in [2.75, 3.05) is 54.0 Å². The molecule has 0 spiro atoms. The average Bonchev–Trinajstić information content (AvgIpc) is 3.06. The zero-order chi connectivity index (χ0) is 32.5. The molecule has 0 unspecified atom stereocenters. The number of carbonyl (C=O) groups is 2. The van der Waals surface area contributed by atoms with Crippen LogP contribution in [0, 0.1) is 0 Å². The Labute approximate surface area is 279 Å². The molecule has 0 saturated carbocycles. The van der Waals surface area contributed by atoms with E-state index in [4.69, 9.17) is 32.9 Å². The van der Waals surface area contributed by atoms with Gasteiger partial charge in [-0.2, -0.15) is 0 Å². The van der Waals surface area contributed by atoms with Crippen LogP contribution in [0.3, 0.4) is 0 Å². The van der Waals surface area contributed by atoms with Gasteiger partial charge in [-0.1, -0.05) is 42.5 Å². The summed E-state index contributed by atoms with van der Waals surface area (Å²) < 4.78 is 5.64. The van der Waals surface area contributed by atoms with Gasteiger partial charge in [0.1, 0.15) is 5.75 Å².